The quantitative estimate of drug-likeness (QED) is 0.383. The topological polar surface area (TPSA) is 44.8 Å². The van der Waals surface area contributed by atoms with Crippen molar-refractivity contribution < 1.29 is 18.4 Å². The van der Waals surface area contributed by atoms with Gasteiger partial charge in [0, 0.05) is 5.57 Å². The first-order valence-corrected chi connectivity index (χ1v) is 9.48. The van der Waals surface area contributed by atoms with Gasteiger partial charge in [-0.25, -0.2) is 4.79 Å². The number of hydrogen-bond donors (Lipinski definition) is 0. The van der Waals surface area contributed by atoms with Gasteiger partial charge in [-0.2, -0.15) is 0 Å². The first kappa shape index (κ1) is 15.6. The molecular weight excluding hydrogens is 240 g/mol. The normalized spacial score (nSPS) is 13.5. The third kappa shape index (κ3) is 7.80. The molecule has 0 aromatic carbocycles. The van der Waals surface area contributed by atoms with Crippen LogP contribution in [0.25, 0.3) is 0 Å². The maximum Gasteiger partial charge on any atom is 0.333 e. The van der Waals surface area contributed by atoms with E-state index in [1.165, 1.54) is 0 Å². The maximum atomic E-state index is 11.2. The fraction of sp³-hybridized carbons (Fsp3) is 0.700. The van der Waals surface area contributed by atoms with E-state index in [0.717, 1.165) is 0 Å². The Morgan fingerprint density at radius 2 is 1.94 bits per heavy atom. The number of esters is 1. The Morgan fingerprint density at radius 3 is 2.31 bits per heavy atom. The lowest BCUT2D eigenvalue weighted by atomic mass is 10.3. The molecule has 1 atom stereocenters. The molecule has 0 aliphatic rings. The molecule has 0 radical (unpaired) electrons. The number of ether oxygens (including phenoxy) is 1. The van der Waals surface area contributed by atoms with Crippen molar-refractivity contribution in [1.82, 2.24) is 0 Å². The highest BCUT2D eigenvalue weighted by Crippen LogP contribution is 2.08. The molecule has 1 unspecified atom stereocenters. The summed E-state index contributed by atoms with van der Waals surface area (Å²) < 4.78 is 16.1. The first-order chi connectivity index (χ1) is 7.26. The van der Waals surface area contributed by atoms with E-state index >= 15 is 0 Å². The van der Waals surface area contributed by atoms with Crippen LogP contribution in [0.15, 0.2) is 12.2 Å². The van der Waals surface area contributed by atoms with Gasteiger partial charge in [0.15, 0.2) is 8.32 Å². The molecule has 0 saturated heterocycles. The summed E-state index contributed by atoms with van der Waals surface area (Å²) in [6.45, 7) is 12.1. The van der Waals surface area contributed by atoms with Gasteiger partial charge in [-0.3, -0.25) is 0 Å². The molecule has 0 aromatic rings. The van der Waals surface area contributed by atoms with Crippen molar-refractivity contribution in [2.45, 2.75) is 32.7 Å². The largest absolute Gasteiger partial charge is 0.460 e. The molecule has 0 heterocycles. The summed E-state index contributed by atoms with van der Waals surface area (Å²) in [5.41, 5.74) is 0.401. The molecular formula is C10H22O4Si2. The third-order valence-electron chi connectivity index (χ3n) is 1.62. The van der Waals surface area contributed by atoms with E-state index in [2.05, 4.69) is 26.2 Å². The van der Waals surface area contributed by atoms with Gasteiger partial charge in [0.1, 0.15) is 23.2 Å². The van der Waals surface area contributed by atoms with E-state index in [1.807, 2.05) is 0 Å². The lowest BCUT2D eigenvalue weighted by Crippen LogP contribution is -2.37. The van der Waals surface area contributed by atoms with E-state index in [4.69, 9.17) is 13.6 Å². The van der Waals surface area contributed by atoms with E-state index in [1.54, 1.807) is 6.92 Å². The van der Waals surface area contributed by atoms with Crippen molar-refractivity contribution in [2.75, 3.05) is 13.2 Å². The summed E-state index contributed by atoms with van der Waals surface area (Å²) in [5.74, 6) is -0.377. The van der Waals surface area contributed by atoms with Gasteiger partial charge >= 0.3 is 5.97 Å². The van der Waals surface area contributed by atoms with Crippen LogP contribution in [0.2, 0.25) is 19.6 Å². The summed E-state index contributed by atoms with van der Waals surface area (Å²) >= 11 is 0. The Kier molecular flexibility index (Phi) is 6.81. The summed E-state index contributed by atoms with van der Waals surface area (Å²) in [5, 5.41) is 0. The summed E-state index contributed by atoms with van der Waals surface area (Å²) in [4.78, 5) is 11.2. The fourth-order valence-corrected chi connectivity index (χ4v) is 2.60. The molecule has 0 fully saturated rings. The predicted octanol–water partition coefficient (Wildman–Crippen LogP) is 0.623. The SMILES string of the molecule is C=C(C)C(=O)OCC(CO[SiH3])O[Si](C)(C)C. The highest BCUT2D eigenvalue weighted by molar-refractivity contribution is 6.69. The molecule has 6 heteroatoms. The molecule has 0 rings (SSSR count). The minimum absolute atomic E-state index is 0.160. The monoisotopic (exact) mass is 262 g/mol. The predicted molar refractivity (Wildman–Crippen MR) is 69.9 cm³/mol. The lowest BCUT2D eigenvalue weighted by molar-refractivity contribution is -0.141. The van der Waals surface area contributed by atoms with Crippen LogP contribution in [0, 0.1) is 0 Å². The van der Waals surface area contributed by atoms with Gasteiger partial charge in [-0.1, -0.05) is 6.58 Å². The van der Waals surface area contributed by atoms with Crippen molar-refractivity contribution >= 4 is 24.8 Å². The van der Waals surface area contributed by atoms with Crippen molar-refractivity contribution in [3.63, 3.8) is 0 Å². The Morgan fingerprint density at radius 1 is 1.38 bits per heavy atom. The van der Waals surface area contributed by atoms with Gasteiger partial charge in [0.2, 0.25) is 0 Å². The summed E-state index contributed by atoms with van der Waals surface area (Å²) in [7, 11) is -0.979. The summed E-state index contributed by atoms with van der Waals surface area (Å²) in [6.07, 6.45) is -0.160. The molecule has 16 heavy (non-hydrogen) atoms. The first-order valence-electron chi connectivity index (χ1n) is 5.25. The van der Waals surface area contributed by atoms with E-state index in [9.17, 15) is 4.79 Å². The molecule has 0 aromatic heterocycles. The zero-order chi connectivity index (χ0) is 12.8. The van der Waals surface area contributed by atoms with Gasteiger partial charge < -0.3 is 13.6 Å². The average Bonchev–Trinajstić information content (AvgIpc) is 2.11. The van der Waals surface area contributed by atoms with Crippen molar-refractivity contribution in [2.24, 2.45) is 0 Å². The number of carbonyl (C=O) groups is 1. The standard InChI is InChI=1S/C10H22O4Si2/c1-8(2)10(11)12-6-9(7-13-15)14-16(3,4)5/h9H,1,6-7H2,2-5,15H3. The molecule has 0 aliphatic carbocycles. The Labute approximate surface area is 102 Å². The third-order valence-corrected chi connectivity index (χ3v) is 3.00. The minimum Gasteiger partial charge on any atom is -0.460 e. The second kappa shape index (κ2) is 7.00. The van der Waals surface area contributed by atoms with Crippen LogP contribution in [0.5, 0.6) is 0 Å². The zero-order valence-corrected chi connectivity index (χ0v) is 13.8. The van der Waals surface area contributed by atoms with Crippen LogP contribution in [-0.2, 0) is 18.4 Å². The minimum atomic E-state index is -1.64. The Balaban J connectivity index is 4.13. The van der Waals surface area contributed by atoms with Crippen LogP contribution < -0.4 is 0 Å². The van der Waals surface area contributed by atoms with Crippen LogP contribution >= 0.6 is 0 Å². The smallest absolute Gasteiger partial charge is 0.333 e. The van der Waals surface area contributed by atoms with Crippen LogP contribution in [0.4, 0.5) is 0 Å². The molecule has 0 spiro atoms. The van der Waals surface area contributed by atoms with Gasteiger partial charge in [0.05, 0.1) is 6.61 Å². The lowest BCUT2D eigenvalue weighted by Gasteiger charge is -2.25. The number of rotatable bonds is 7. The Bertz CT molecular complexity index is 248. The fourth-order valence-electron chi connectivity index (χ4n) is 1.09. The molecule has 0 aliphatic heterocycles. The summed E-state index contributed by atoms with van der Waals surface area (Å²) in [6, 6.07) is 0. The highest BCUT2D eigenvalue weighted by Gasteiger charge is 2.22. The molecule has 0 saturated carbocycles. The zero-order valence-electron chi connectivity index (χ0n) is 10.8. The number of carbonyl (C=O) groups excluding carboxylic acids is 1. The van der Waals surface area contributed by atoms with E-state index in [-0.39, 0.29) is 18.7 Å². The van der Waals surface area contributed by atoms with Crippen molar-refractivity contribution in [1.29, 1.82) is 0 Å². The molecule has 0 bridgehead atoms. The van der Waals surface area contributed by atoms with Crippen LogP contribution in [0.1, 0.15) is 6.92 Å². The number of hydrogen-bond acceptors (Lipinski definition) is 4. The van der Waals surface area contributed by atoms with Crippen LogP contribution in [0.3, 0.4) is 0 Å². The molecule has 0 amide bonds. The van der Waals surface area contributed by atoms with Gasteiger partial charge in [-0.05, 0) is 26.6 Å². The highest BCUT2D eigenvalue weighted by atomic mass is 28.4. The second-order valence-electron chi connectivity index (χ2n) is 4.69. The van der Waals surface area contributed by atoms with Gasteiger partial charge in [-0.15, -0.1) is 0 Å². The van der Waals surface area contributed by atoms with Crippen molar-refractivity contribution in [3.8, 4) is 0 Å². The average molecular weight is 262 g/mol. The van der Waals surface area contributed by atoms with Crippen molar-refractivity contribution in [3.05, 3.63) is 12.2 Å². The molecule has 4 nitrogen and oxygen atoms in total. The van der Waals surface area contributed by atoms with Crippen LogP contribution in [-0.4, -0.2) is 44.1 Å². The maximum absolute atomic E-state index is 11.2. The van der Waals surface area contributed by atoms with Gasteiger partial charge in [0.25, 0.3) is 0 Å². The Hall–Kier alpha value is -0.436. The molecule has 0 N–H and O–H groups in total. The second-order valence-corrected chi connectivity index (χ2v) is 9.72. The van der Waals surface area contributed by atoms with E-state index < -0.39 is 8.32 Å². The molecule has 94 valence electrons. The van der Waals surface area contributed by atoms with E-state index in [0.29, 0.717) is 22.7 Å².